The molecule has 2 unspecified atom stereocenters. The van der Waals surface area contributed by atoms with Crippen LogP contribution >= 0.6 is 15.9 Å². The van der Waals surface area contributed by atoms with Crippen LogP contribution in [0.5, 0.6) is 0 Å². The van der Waals surface area contributed by atoms with E-state index < -0.39 is 0 Å². The quantitative estimate of drug-likeness (QED) is 0.896. The molecule has 1 aliphatic heterocycles. The lowest BCUT2D eigenvalue weighted by molar-refractivity contribution is 0.120. The van der Waals surface area contributed by atoms with Gasteiger partial charge >= 0.3 is 0 Å². The second-order valence-corrected chi connectivity index (χ2v) is 6.98. The highest BCUT2D eigenvalue weighted by molar-refractivity contribution is 9.10. The molecule has 0 saturated carbocycles. The van der Waals surface area contributed by atoms with Gasteiger partial charge in [-0.25, -0.2) is 0 Å². The van der Waals surface area contributed by atoms with Crippen LogP contribution in [-0.2, 0) is 0 Å². The molecular formula is C17H23BrN2O. The lowest BCUT2D eigenvalue weighted by atomic mass is 9.96. The van der Waals surface area contributed by atoms with Crippen LogP contribution in [0, 0.1) is 5.92 Å². The monoisotopic (exact) mass is 350 g/mol. The van der Waals surface area contributed by atoms with E-state index in [4.69, 9.17) is 4.42 Å². The lowest BCUT2D eigenvalue weighted by Crippen LogP contribution is -2.40. The van der Waals surface area contributed by atoms with Crippen molar-refractivity contribution in [3.05, 3.63) is 34.5 Å². The van der Waals surface area contributed by atoms with Crippen LogP contribution in [0.15, 0.2) is 33.2 Å². The molecule has 2 heterocycles. The van der Waals surface area contributed by atoms with Crippen molar-refractivity contribution in [1.82, 2.24) is 10.2 Å². The van der Waals surface area contributed by atoms with Crippen molar-refractivity contribution >= 4 is 26.9 Å². The van der Waals surface area contributed by atoms with Gasteiger partial charge in [0, 0.05) is 16.4 Å². The zero-order valence-electron chi connectivity index (χ0n) is 12.7. The second-order valence-electron chi connectivity index (χ2n) is 6.07. The fourth-order valence-electron chi connectivity index (χ4n) is 3.32. The molecule has 1 saturated heterocycles. The summed E-state index contributed by atoms with van der Waals surface area (Å²) in [6.07, 6.45) is 2.61. The van der Waals surface area contributed by atoms with E-state index in [1.165, 1.54) is 24.8 Å². The maximum absolute atomic E-state index is 6.06. The molecule has 0 amide bonds. The zero-order chi connectivity index (χ0) is 14.8. The Kier molecular flexibility index (Phi) is 4.67. The van der Waals surface area contributed by atoms with Crippen LogP contribution < -0.4 is 5.32 Å². The van der Waals surface area contributed by atoms with Crippen molar-refractivity contribution < 1.29 is 4.42 Å². The summed E-state index contributed by atoms with van der Waals surface area (Å²) >= 11 is 3.52. The van der Waals surface area contributed by atoms with E-state index in [2.05, 4.69) is 45.2 Å². The Hall–Kier alpha value is -0.840. The van der Waals surface area contributed by atoms with Gasteiger partial charge in [0.1, 0.15) is 11.3 Å². The molecule has 2 aromatic rings. The number of benzene rings is 1. The van der Waals surface area contributed by atoms with Crippen molar-refractivity contribution in [3.63, 3.8) is 0 Å². The van der Waals surface area contributed by atoms with Crippen molar-refractivity contribution in [2.45, 2.75) is 25.8 Å². The minimum absolute atomic E-state index is 0.343. The Bertz CT molecular complexity index is 608. The maximum Gasteiger partial charge on any atom is 0.134 e. The molecule has 0 radical (unpaired) electrons. The van der Waals surface area contributed by atoms with E-state index in [1.807, 2.05) is 19.2 Å². The third-order valence-electron chi connectivity index (χ3n) is 4.50. The molecule has 1 aromatic heterocycles. The van der Waals surface area contributed by atoms with Gasteiger partial charge in [-0.15, -0.1) is 0 Å². The molecule has 3 rings (SSSR count). The third-order valence-corrected chi connectivity index (χ3v) is 4.99. The number of fused-ring (bicyclic) bond motifs is 1. The van der Waals surface area contributed by atoms with Crippen LogP contribution in [0.1, 0.15) is 31.6 Å². The molecule has 1 aromatic carbocycles. The SMILES string of the molecule is CNCC1CCCN(C(C)c2cc3cc(Br)ccc3o2)C1. The normalized spacial score (nSPS) is 21.8. The number of nitrogens with one attached hydrogen (secondary N) is 1. The van der Waals surface area contributed by atoms with Crippen molar-refractivity contribution in [3.8, 4) is 0 Å². The topological polar surface area (TPSA) is 28.4 Å². The van der Waals surface area contributed by atoms with Gasteiger partial charge in [-0.3, -0.25) is 4.90 Å². The van der Waals surface area contributed by atoms with E-state index in [9.17, 15) is 0 Å². The van der Waals surface area contributed by atoms with Crippen molar-refractivity contribution in [2.75, 3.05) is 26.7 Å². The number of piperidine rings is 1. The van der Waals surface area contributed by atoms with Gasteiger partial charge in [0.25, 0.3) is 0 Å². The van der Waals surface area contributed by atoms with Crippen LogP contribution in [0.4, 0.5) is 0 Å². The summed E-state index contributed by atoms with van der Waals surface area (Å²) in [6, 6.07) is 8.72. The molecule has 3 nitrogen and oxygen atoms in total. The maximum atomic E-state index is 6.06. The molecule has 21 heavy (non-hydrogen) atoms. The summed E-state index contributed by atoms with van der Waals surface area (Å²) in [7, 11) is 2.04. The van der Waals surface area contributed by atoms with Gasteiger partial charge in [-0.05, 0) is 70.1 Å². The van der Waals surface area contributed by atoms with E-state index in [0.717, 1.165) is 34.8 Å². The molecular weight excluding hydrogens is 328 g/mol. The Balaban J connectivity index is 1.77. The van der Waals surface area contributed by atoms with Gasteiger partial charge in [0.2, 0.25) is 0 Å². The van der Waals surface area contributed by atoms with E-state index in [1.54, 1.807) is 0 Å². The minimum Gasteiger partial charge on any atom is -0.459 e. The van der Waals surface area contributed by atoms with E-state index in [0.29, 0.717) is 6.04 Å². The van der Waals surface area contributed by atoms with E-state index >= 15 is 0 Å². The third kappa shape index (κ3) is 3.33. The minimum atomic E-state index is 0.343. The Morgan fingerprint density at radius 2 is 2.29 bits per heavy atom. The van der Waals surface area contributed by atoms with Crippen LogP contribution in [0.3, 0.4) is 0 Å². The number of nitrogens with zero attached hydrogens (tertiary/aromatic N) is 1. The highest BCUT2D eigenvalue weighted by Gasteiger charge is 2.25. The first-order chi connectivity index (χ1) is 10.2. The van der Waals surface area contributed by atoms with Gasteiger partial charge in [0.15, 0.2) is 0 Å². The summed E-state index contributed by atoms with van der Waals surface area (Å²) in [5, 5.41) is 4.49. The van der Waals surface area contributed by atoms with Gasteiger partial charge < -0.3 is 9.73 Å². The molecule has 1 N–H and O–H groups in total. The second kappa shape index (κ2) is 6.51. The van der Waals surface area contributed by atoms with Crippen LogP contribution in [-0.4, -0.2) is 31.6 Å². The molecule has 0 bridgehead atoms. The van der Waals surface area contributed by atoms with Gasteiger partial charge in [-0.2, -0.15) is 0 Å². The van der Waals surface area contributed by atoms with Crippen LogP contribution in [0.2, 0.25) is 0 Å². The van der Waals surface area contributed by atoms with Gasteiger partial charge in [-0.1, -0.05) is 15.9 Å². The lowest BCUT2D eigenvalue weighted by Gasteiger charge is -2.36. The fraction of sp³-hybridized carbons (Fsp3) is 0.529. The van der Waals surface area contributed by atoms with Crippen LogP contribution in [0.25, 0.3) is 11.0 Å². The number of hydrogen-bond acceptors (Lipinski definition) is 3. The smallest absolute Gasteiger partial charge is 0.134 e. The Morgan fingerprint density at radius 3 is 3.10 bits per heavy atom. The number of hydrogen-bond donors (Lipinski definition) is 1. The predicted molar refractivity (Wildman–Crippen MR) is 90.6 cm³/mol. The summed E-state index contributed by atoms with van der Waals surface area (Å²) in [4.78, 5) is 2.55. The summed E-state index contributed by atoms with van der Waals surface area (Å²) in [5.74, 6) is 1.83. The van der Waals surface area contributed by atoms with Crippen molar-refractivity contribution in [2.24, 2.45) is 5.92 Å². The molecule has 2 atom stereocenters. The number of likely N-dealkylation sites (tertiary alicyclic amines) is 1. The average molecular weight is 351 g/mol. The molecule has 1 fully saturated rings. The molecule has 4 heteroatoms. The Labute approximate surface area is 134 Å². The fourth-order valence-corrected chi connectivity index (χ4v) is 3.70. The average Bonchev–Trinajstić information content (AvgIpc) is 2.90. The molecule has 114 valence electrons. The standard InChI is InChI=1S/C17H23BrN2O/c1-12(20-7-3-4-13(11-20)10-19-2)17-9-14-8-15(18)5-6-16(14)21-17/h5-6,8-9,12-13,19H,3-4,7,10-11H2,1-2H3. The summed E-state index contributed by atoms with van der Waals surface area (Å²) in [5.41, 5.74) is 0.976. The first-order valence-corrected chi connectivity index (χ1v) is 8.54. The highest BCUT2D eigenvalue weighted by atomic mass is 79.9. The van der Waals surface area contributed by atoms with E-state index in [-0.39, 0.29) is 0 Å². The predicted octanol–water partition coefficient (Wildman–Crippen LogP) is 4.19. The summed E-state index contributed by atoms with van der Waals surface area (Å²) < 4.78 is 7.15. The first kappa shape index (κ1) is 15.1. The Morgan fingerprint density at radius 1 is 1.43 bits per heavy atom. The first-order valence-electron chi connectivity index (χ1n) is 7.75. The molecule has 0 spiro atoms. The number of halogens is 1. The molecule has 0 aliphatic carbocycles. The van der Waals surface area contributed by atoms with Crippen molar-refractivity contribution in [1.29, 1.82) is 0 Å². The largest absolute Gasteiger partial charge is 0.459 e. The summed E-state index contributed by atoms with van der Waals surface area (Å²) in [6.45, 7) is 5.69. The van der Waals surface area contributed by atoms with Gasteiger partial charge in [0.05, 0.1) is 6.04 Å². The molecule has 1 aliphatic rings. The highest BCUT2D eigenvalue weighted by Crippen LogP contribution is 2.31. The number of rotatable bonds is 4. The number of furan rings is 1. The zero-order valence-corrected chi connectivity index (χ0v) is 14.3.